The summed E-state index contributed by atoms with van der Waals surface area (Å²) in [6.07, 6.45) is -5.14. The molecule has 0 aromatic carbocycles. The monoisotopic (exact) mass is 266 g/mol. The van der Waals surface area contributed by atoms with Crippen LogP contribution in [0.2, 0.25) is 0 Å². The molecule has 1 aliphatic rings. The van der Waals surface area contributed by atoms with Gasteiger partial charge in [0.15, 0.2) is 0 Å². The van der Waals surface area contributed by atoms with Gasteiger partial charge in [0.05, 0.1) is 6.42 Å². The molecular formula is C11H17F3N2O2. The lowest BCUT2D eigenvalue weighted by Gasteiger charge is -2.42. The van der Waals surface area contributed by atoms with Crippen molar-refractivity contribution in [2.24, 2.45) is 0 Å². The summed E-state index contributed by atoms with van der Waals surface area (Å²) in [5, 5.41) is 2.52. The van der Waals surface area contributed by atoms with E-state index in [1.54, 1.807) is 6.92 Å². The minimum Gasteiger partial charge on any atom is -0.340 e. The average molecular weight is 266 g/mol. The summed E-state index contributed by atoms with van der Waals surface area (Å²) < 4.78 is 36.7. The fourth-order valence-corrected chi connectivity index (χ4v) is 2.00. The van der Waals surface area contributed by atoms with Gasteiger partial charge in [-0.1, -0.05) is 6.92 Å². The van der Waals surface area contributed by atoms with E-state index < -0.39 is 42.5 Å². The summed E-state index contributed by atoms with van der Waals surface area (Å²) in [6.45, 7) is 4.16. The molecule has 0 spiro atoms. The fraction of sp³-hybridized carbons (Fsp3) is 0.818. The molecule has 1 atom stereocenters. The highest BCUT2D eigenvalue weighted by Crippen LogP contribution is 2.24. The molecule has 2 amide bonds. The first-order valence-corrected chi connectivity index (χ1v) is 5.78. The third-order valence-corrected chi connectivity index (χ3v) is 2.93. The summed E-state index contributed by atoms with van der Waals surface area (Å²) in [4.78, 5) is 24.8. The van der Waals surface area contributed by atoms with E-state index in [1.165, 1.54) is 13.8 Å². The van der Waals surface area contributed by atoms with Gasteiger partial charge in [0.2, 0.25) is 11.8 Å². The molecule has 1 heterocycles. The van der Waals surface area contributed by atoms with Crippen LogP contribution in [0.5, 0.6) is 0 Å². The van der Waals surface area contributed by atoms with Crippen LogP contribution in [0.4, 0.5) is 13.2 Å². The average Bonchev–Trinajstić information content (AvgIpc) is 2.19. The predicted octanol–water partition coefficient (Wildman–Crippen LogP) is 1.45. The summed E-state index contributed by atoms with van der Waals surface area (Å²) in [7, 11) is 0. The number of nitrogens with one attached hydrogen (secondary N) is 1. The van der Waals surface area contributed by atoms with Crippen molar-refractivity contribution in [1.29, 1.82) is 0 Å². The van der Waals surface area contributed by atoms with Gasteiger partial charge in [-0.05, 0) is 20.3 Å². The first kappa shape index (κ1) is 14.8. The van der Waals surface area contributed by atoms with Gasteiger partial charge >= 0.3 is 6.18 Å². The quantitative estimate of drug-likeness (QED) is 0.840. The number of alkyl halides is 3. The molecule has 18 heavy (non-hydrogen) atoms. The largest absolute Gasteiger partial charge is 0.390 e. The van der Waals surface area contributed by atoms with E-state index in [9.17, 15) is 22.8 Å². The number of piperazine rings is 1. The lowest BCUT2D eigenvalue weighted by atomic mass is 9.95. The zero-order chi connectivity index (χ0) is 14.1. The second-order valence-corrected chi connectivity index (χ2v) is 4.90. The Morgan fingerprint density at radius 1 is 1.33 bits per heavy atom. The molecule has 0 bridgehead atoms. The highest BCUT2D eigenvalue weighted by Gasteiger charge is 2.45. The number of rotatable bonds is 3. The van der Waals surface area contributed by atoms with Gasteiger partial charge in [-0.2, -0.15) is 13.2 Å². The van der Waals surface area contributed by atoms with E-state index in [2.05, 4.69) is 5.32 Å². The second kappa shape index (κ2) is 4.78. The molecule has 0 aliphatic carbocycles. The molecule has 0 aromatic rings. The number of carbonyl (C=O) groups excluding carboxylic acids is 2. The van der Waals surface area contributed by atoms with Crippen LogP contribution in [-0.2, 0) is 9.59 Å². The van der Waals surface area contributed by atoms with E-state index >= 15 is 0 Å². The van der Waals surface area contributed by atoms with Crippen molar-refractivity contribution in [1.82, 2.24) is 10.2 Å². The highest BCUT2D eigenvalue weighted by atomic mass is 19.4. The van der Waals surface area contributed by atoms with Crippen LogP contribution in [0.3, 0.4) is 0 Å². The molecule has 0 saturated carbocycles. The molecule has 1 fully saturated rings. The van der Waals surface area contributed by atoms with Crippen LogP contribution < -0.4 is 5.32 Å². The smallest absolute Gasteiger partial charge is 0.340 e. The van der Waals surface area contributed by atoms with E-state index in [0.717, 1.165) is 4.90 Å². The van der Waals surface area contributed by atoms with Crippen molar-refractivity contribution in [3.05, 3.63) is 0 Å². The Balaban J connectivity index is 2.88. The van der Waals surface area contributed by atoms with Crippen molar-refractivity contribution in [2.45, 2.75) is 51.4 Å². The maximum Gasteiger partial charge on any atom is 0.390 e. The molecule has 1 saturated heterocycles. The van der Waals surface area contributed by atoms with Gasteiger partial charge < -0.3 is 10.2 Å². The van der Waals surface area contributed by atoms with Crippen molar-refractivity contribution in [3.63, 3.8) is 0 Å². The van der Waals surface area contributed by atoms with Gasteiger partial charge in [-0.25, -0.2) is 0 Å². The van der Waals surface area contributed by atoms with Crippen LogP contribution in [0.1, 0.15) is 33.6 Å². The van der Waals surface area contributed by atoms with E-state index in [4.69, 9.17) is 0 Å². The van der Waals surface area contributed by atoms with Crippen molar-refractivity contribution >= 4 is 11.8 Å². The van der Waals surface area contributed by atoms with Crippen LogP contribution >= 0.6 is 0 Å². The SMILES string of the molecule is CCC1C(=O)NC(C)(C)C(=O)N1CCC(F)(F)F. The van der Waals surface area contributed by atoms with Gasteiger partial charge in [0.25, 0.3) is 0 Å². The van der Waals surface area contributed by atoms with Gasteiger partial charge in [-0.15, -0.1) is 0 Å². The lowest BCUT2D eigenvalue weighted by molar-refractivity contribution is -0.161. The minimum absolute atomic E-state index is 0.297. The number of hydrogen-bond donors (Lipinski definition) is 1. The Morgan fingerprint density at radius 2 is 1.89 bits per heavy atom. The number of halogens is 3. The Labute approximate surface area is 104 Å². The number of amides is 2. The van der Waals surface area contributed by atoms with Crippen LogP contribution in [0.25, 0.3) is 0 Å². The predicted molar refractivity (Wildman–Crippen MR) is 58.7 cm³/mol. The van der Waals surface area contributed by atoms with Crippen LogP contribution in [0.15, 0.2) is 0 Å². The Kier molecular flexibility index (Phi) is 3.92. The first-order chi connectivity index (χ1) is 8.08. The van der Waals surface area contributed by atoms with Crippen molar-refractivity contribution in [2.75, 3.05) is 6.54 Å². The molecule has 1 N–H and O–H groups in total. The minimum atomic E-state index is -4.34. The molecule has 1 aliphatic heterocycles. The third kappa shape index (κ3) is 3.14. The molecule has 7 heteroatoms. The molecule has 104 valence electrons. The number of nitrogens with zero attached hydrogens (tertiary/aromatic N) is 1. The molecule has 1 rings (SSSR count). The first-order valence-electron chi connectivity index (χ1n) is 5.78. The summed E-state index contributed by atoms with van der Waals surface area (Å²) >= 11 is 0. The maximum absolute atomic E-state index is 12.2. The third-order valence-electron chi connectivity index (χ3n) is 2.93. The Morgan fingerprint density at radius 3 is 2.33 bits per heavy atom. The zero-order valence-electron chi connectivity index (χ0n) is 10.6. The fourth-order valence-electron chi connectivity index (χ4n) is 2.00. The summed E-state index contributed by atoms with van der Waals surface area (Å²) in [6, 6.07) is -0.812. The lowest BCUT2D eigenvalue weighted by Crippen LogP contribution is -2.68. The second-order valence-electron chi connectivity index (χ2n) is 4.90. The van der Waals surface area contributed by atoms with Crippen LogP contribution in [-0.4, -0.2) is 41.0 Å². The standard InChI is InChI=1S/C11H17F3N2O2/c1-4-7-8(17)15-10(2,3)9(18)16(7)6-5-11(12,13)14/h7H,4-6H2,1-3H3,(H,15,17). The number of hydrogen-bond acceptors (Lipinski definition) is 2. The zero-order valence-corrected chi connectivity index (χ0v) is 10.6. The van der Waals surface area contributed by atoms with E-state index in [0.29, 0.717) is 6.42 Å². The van der Waals surface area contributed by atoms with E-state index in [-0.39, 0.29) is 0 Å². The number of carbonyl (C=O) groups is 2. The molecule has 4 nitrogen and oxygen atoms in total. The summed E-state index contributed by atoms with van der Waals surface area (Å²) in [5.74, 6) is -0.873. The van der Waals surface area contributed by atoms with Crippen molar-refractivity contribution < 1.29 is 22.8 Å². The van der Waals surface area contributed by atoms with Crippen molar-refractivity contribution in [3.8, 4) is 0 Å². The van der Waals surface area contributed by atoms with Gasteiger partial charge in [0, 0.05) is 6.54 Å². The molecular weight excluding hydrogens is 249 g/mol. The highest BCUT2D eigenvalue weighted by molar-refractivity contribution is 5.99. The normalized spacial score (nSPS) is 24.1. The van der Waals surface area contributed by atoms with E-state index in [1.807, 2.05) is 0 Å². The topological polar surface area (TPSA) is 49.4 Å². The Hall–Kier alpha value is -1.27. The molecule has 0 radical (unpaired) electrons. The molecule has 0 aromatic heterocycles. The van der Waals surface area contributed by atoms with Crippen LogP contribution in [0, 0.1) is 0 Å². The maximum atomic E-state index is 12.2. The Bertz CT molecular complexity index is 353. The van der Waals surface area contributed by atoms with Gasteiger partial charge in [-0.3, -0.25) is 9.59 Å². The summed E-state index contributed by atoms with van der Waals surface area (Å²) in [5.41, 5.74) is -1.14. The van der Waals surface area contributed by atoms with Gasteiger partial charge in [0.1, 0.15) is 11.6 Å². The molecule has 1 unspecified atom stereocenters.